The summed E-state index contributed by atoms with van der Waals surface area (Å²) in [4.78, 5) is 29.5. The van der Waals surface area contributed by atoms with Crippen molar-refractivity contribution in [2.75, 3.05) is 49.6 Å². The van der Waals surface area contributed by atoms with Crippen LogP contribution in [0.15, 0.2) is 48.5 Å². The molecule has 1 aromatic heterocycles. The quantitative estimate of drug-likeness (QED) is 0.280. The lowest BCUT2D eigenvalue weighted by Gasteiger charge is -2.35. The van der Waals surface area contributed by atoms with Gasteiger partial charge in [-0.05, 0) is 76.0 Å². The fourth-order valence-electron chi connectivity index (χ4n) is 4.25. The van der Waals surface area contributed by atoms with E-state index in [1.165, 1.54) is 10.1 Å². The predicted molar refractivity (Wildman–Crippen MR) is 149 cm³/mol. The van der Waals surface area contributed by atoms with Gasteiger partial charge in [0.1, 0.15) is 11.4 Å². The Kier molecular flexibility index (Phi) is 8.83. The fourth-order valence-corrected chi connectivity index (χ4v) is 5.05. The second-order valence-corrected chi connectivity index (χ2v) is 10.9. The van der Waals surface area contributed by atoms with Gasteiger partial charge in [-0.25, -0.2) is 10.2 Å². The van der Waals surface area contributed by atoms with Crippen LogP contribution in [0.25, 0.3) is 10.1 Å². The van der Waals surface area contributed by atoms with Crippen molar-refractivity contribution in [3.05, 3.63) is 54.1 Å². The van der Waals surface area contributed by atoms with E-state index in [1.807, 2.05) is 0 Å². The normalized spacial score (nSPS) is 14.4. The first-order valence-corrected chi connectivity index (χ1v) is 13.5. The number of fused-ring (bicyclic) bond motifs is 1. The lowest BCUT2D eigenvalue weighted by molar-refractivity contribution is 0.0540. The van der Waals surface area contributed by atoms with Crippen molar-refractivity contribution in [2.24, 2.45) is 0 Å². The molecule has 3 aromatic rings. The van der Waals surface area contributed by atoms with Crippen molar-refractivity contribution < 1.29 is 14.3 Å². The Morgan fingerprint density at radius 2 is 1.73 bits per heavy atom. The number of hydrazine groups is 1. The molecule has 9 nitrogen and oxygen atoms in total. The Hall–Kier alpha value is -3.37. The smallest absolute Gasteiger partial charge is 0.426 e. The molecule has 0 unspecified atom stereocenters. The van der Waals surface area contributed by atoms with Crippen LogP contribution in [0.3, 0.4) is 0 Å². The Morgan fingerprint density at radius 3 is 2.51 bits per heavy atom. The third-order valence-corrected chi connectivity index (χ3v) is 6.90. The molecule has 0 bridgehead atoms. The van der Waals surface area contributed by atoms with E-state index in [0.29, 0.717) is 17.8 Å². The maximum absolute atomic E-state index is 12.7. The molecule has 0 spiro atoms. The van der Waals surface area contributed by atoms with Gasteiger partial charge >= 0.3 is 6.09 Å². The number of unbranched alkanes of at least 4 members (excludes halogenated alkanes) is 1. The van der Waals surface area contributed by atoms with Gasteiger partial charge in [0.05, 0.1) is 16.0 Å². The third-order valence-electron chi connectivity index (χ3n) is 6.09. The number of hydrogen-bond acceptors (Lipinski definition) is 8. The summed E-state index contributed by atoms with van der Waals surface area (Å²) in [5, 5.41) is 4.23. The van der Waals surface area contributed by atoms with Crippen molar-refractivity contribution in [3.63, 3.8) is 0 Å². The van der Waals surface area contributed by atoms with E-state index >= 15 is 0 Å². The van der Waals surface area contributed by atoms with Gasteiger partial charge in [0.2, 0.25) is 0 Å². The maximum Gasteiger partial charge on any atom is 0.426 e. The number of piperazine rings is 1. The summed E-state index contributed by atoms with van der Waals surface area (Å²) in [5.74, 6) is 0.928. The molecule has 37 heavy (non-hydrogen) atoms. The van der Waals surface area contributed by atoms with E-state index in [9.17, 15) is 9.59 Å². The van der Waals surface area contributed by atoms with Crippen molar-refractivity contribution >= 4 is 45.1 Å². The van der Waals surface area contributed by atoms with Gasteiger partial charge in [-0.2, -0.15) is 4.37 Å². The molecule has 4 rings (SSSR count). The van der Waals surface area contributed by atoms with E-state index in [0.717, 1.165) is 51.4 Å². The number of carbonyl (C=O) groups excluding carboxylic acids is 2. The van der Waals surface area contributed by atoms with E-state index in [4.69, 9.17) is 4.74 Å². The molecule has 1 saturated heterocycles. The minimum absolute atomic E-state index is 0.182. The van der Waals surface area contributed by atoms with Crippen molar-refractivity contribution in [1.29, 1.82) is 0 Å². The highest BCUT2D eigenvalue weighted by atomic mass is 32.1. The Labute approximate surface area is 222 Å². The second-order valence-electron chi connectivity index (χ2n) is 10.1. The molecule has 1 aliphatic rings. The van der Waals surface area contributed by atoms with Crippen LogP contribution in [0.5, 0.6) is 0 Å². The standard InChI is InChI=1S/C27H36N6O3S/c1-27(2,3)36-26(35)30-29-22-12-6-4-10-20(22)25(34)28-14-8-9-15-32-16-18-33(19-17-32)24-21-11-5-7-13-23(21)37-31-24/h4-7,10-13,29H,8-9,14-19H2,1-3H3,(H,28,34)(H,30,35). The van der Waals surface area contributed by atoms with Crippen molar-refractivity contribution in [1.82, 2.24) is 20.0 Å². The van der Waals surface area contributed by atoms with Crippen LogP contribution in [0, 0.1) is 0 Å². The number of hydrogen-bond donors (Lipinski definition) is 3. The van der Waals surface area contributed by atoms with Crippen molar-refractivity contribution in [2.45, 2.75) is 39.2 Å². The zero-order valence-corrected chi connectivity index (χ0v) is 22.6. The Morgan fingerprint density at radius 1 is 1.00 bits per heavy atom. The first-order valence-electron chi connectivity index (χ1n) is 12.7. The number of carbonyl (C=O) groups is 2. The summed E-state index contributed by atoms with van der Waals surface area (Å²) >= 11 is 1.57. The van der Waals surface area contributed by atoms with E-state index in [2.05, 4.69) is 54.6 Å². The molecule has 0 saturated carbocycles. The lowest BCUT2D eigenvalue weighted by Crippen LogP contribution is -2.46. The highest BCUT2D eigenvalue weighted by Gasteiger charge is 2.20. The largest absolute Gasteiger partial charge is 0.443 e. The van der Waals surface area contributed by atoms with Crippen molar-refractivity contribution in [3.8, 4) is 0 Å². The van der Waals surface area contributed by atoms with Crippen LogP contribution in [0.4, 0.5) is 16.3 Å². The van der Waals surface area contributed by atoms with Crippen LogP contribution in [0.2, 0.25) is 0 Å². The molecule has 198 valence electrons. The first kappa shape index (κ1) is 26.7. The SMILES string of the molecule is CC(C)(C)OC(=O)NNc1ccccc1C(=O)NCCCCN1CCN(c2nsc3ccccc23)CC1. The molecule has 10 heteroatoms. The number of nitrogens with one attached hydrogen (secondary N) is 3. The number of aromatic nitrogens is 1. The summed E-state index contributed by atoms with van der Waals surface area (Å²) in [6, 6.07) is 15.5. The topological polar surface area (TPSA) is 98.8 Å². The maximum atomic E-state index is 12.7. The summed E-state index contributed by atoms with van der Waals surface area (Å²) in [5.41, 5.74) is 5.63. The number of nitrogens with zero attached hydrogens (tertiary/aromatic N) is 3. The van der Waals surface area contributed by atoms with E-state index in [1.54, 1.807) is 56.6 Å². The molecule has 1 aliphatic heterocycles. The van der Waals surface area contributed by atoms with E-state index in [-0.39, 0.29) is 5.91 Å². The second kappa shape index (κ2) is 12.2. The highest BCUT2D eigenvalue weighted by molar-refractivity contribution is 7.13. The minimum atomic E-state index is -0.608. The van der Waals surface area contributed by atoms with Gasteiger partial charge in [-0.3, -0.25) is 15.1 Å². The average molecular weight is 525 g/mol. The van der Waals surface area contributed by atoms with Crippen LogP contribution in [0.1, 0.15) is 44.0 Å². The molecular formula is C27H36N6O3S. The van der Waals surface area contributed by atoms with Crippen LogP contribution >= 0.6 is 11.5 Å². The summed E-state index contributed by atoms with van der Waals surface area (Å²) in [7, 11) is 0. The predicted octanol–water partition coefficient (Wildman–Crippen LogP) is 4.48. The molecule has 0 atom stereocenters. The highest BCUT2D eigenvalue weighted by Crippen LogP contribution is 2.29. The number of para-hydroxylation sites is 1. The molecule has 2 amide bonds. The molecule has 2 aromatic carbocycles. The minimum Gasteiger partial charge on any atom is -0.443 e. The number of anilines is 2. The van der Waals surface area contributed by atoms with Crippen LogP contribution in [-0.4, -0.2) is 66.1 Å². The number of rotatable bonds is 9. The summed E-state index contributed by atoms with van der Waals surface area (Å²) < 4.78 is 11.1. The molecule has 0 radical (unpaired) electrons. The Bertz CT molecular complexity index is 1200. The van der Waals surface area contributed by atoms with Crippen LogP contribution in [-0.2, 0) is 4.74 Å². The average Bonchev–Trinajstić information content (AvgIpc) is 3.31. The van der Waals surface area contributed by atoms with Gasteiger partial charge in [-0.15, -0.1) is 0 Å². The summed E-state index contributed by atoms with van der Waals surface area (Å²) in [6.45, 7) is 11.0. The molecule has 0 aliphatic carbocycles. The van der Waals surface area contributed by atoms with Gasteiger partial charge in [0, 0.05) is 38.1 Å². The number of ether oxygens (including phenoxy) is 1. The van der Waals surface area contributed by atoms with E-state index < -0.39 is 11.7 Å². The molecule has 3 N–H and O–H groups in total. The first-order chi connectivity index (χ1) is 17.8. The lowest BCUT2D eigenvalue weighted by atomic mass is 10.1. The Balaban J connectivity index is 1.15. The monoisotopic (exact) mass is 524 g/mol. The summed E-state index contributed by atoms with van der Waals surface area (Å²) in [6.07, 6.45) is 1.30. The van der Waals surface area contributed by atoms with Gasteiger partial charge in [-0.1, -0.05) is 24.3 Å². The molecule has 2 heterocycles. The third kappa shape index (κ3) is 7.56. The van der Waals surface area contributed by atoms with Gasteiger partial charge in [0.25, 0.3) is 5.91 Å². The molecule has 1 fully saturated rings. The molecular weight excluding hydrogens is 488 g/mol. The number of amides is 2. The van der Waals surface area contributed by atoms with Gasteiger partial charge in [0.15, 0.2) is 0 Å². The van der Waals surface area contributed by atoms with Gasteiger partial charge < -0.3 is 15.0 Å². The zero-order chi connectivity index (χ0) is 26.3. The van der Waals surface area contributed by atoms with Crippen LogP contribution < -0.4 is 21.1 Å². The number of benzene rings is 2. The zero-order valence-electron chi connectivity index (χ0n) is 21.8. The fraction of sp³-hybridized carbons (Fsp3) is 0.444.